The summed E-state index contributed by atoms with van der Waals surface area (Å²) in [7, 11) is 0. The molecule has 1 heterocycles. The second-order valence-corrected chi connectivity index (χ2v) is 6.03. The maximum Gasteiger partial charge on any atom is 0.449 e. The second-order valence-electron chi connectivity index (χ2n) is 6.03. The molecule has 1 amide bonds. The van der Waals surface area contributed by atoms with Crippen LogP contribution in [0.15, 0.2) is 24.3 Å². The second kappa shape index (κ2) is 8.98. The van der Waals surface area contributed by atoms with Crippen LogP contribution in [0.2, 0.25) is 0 Å². The predicted octanol–water partition coefficient (Wildman–Crippen LogP) is 2.55. The van der Waals surface area contributed by atoms with E-state index in [0.29, 0.717) is 17.6 Å². The molecule has 10 heteroatoms. The molecule has 2 rings (SSSR count). The van der Waals surface area contributed by atoms with Gasteiger partial charge in [-0.15, -0.1) is 0 Å². The van der Waals surface area contributed by atoms with Crippen LogP contribution in [0, 0.1) is 0 Å². The van der Waals surface area contributed by atoms with Crippen molar-refractivity contribution >= 4 is 23.0 Å². The van der Waals surface area contributed by atoms with E-state index in [0.717, 1.165) is 23.5 Å². The Bertz CT molecular complexity index is 817. The molecule has 0 aliphatic carbocycles. The number of hydrogen-bond donors (Lipinski definition) is 3. The Morgan fingerprint density at radius 3 is 2.78 bits per heavy atom. The number of amides is 1. The molecule has 0 aliphatic heterocycles. The third-order valence-corrected chi connectivity index (χ3v) is 3.97. The summed E-state index contributed by atoms with van der Waals surface area (Å²) in [4.78, 5) is 14.8. The van der Waals surface area contributed by atoms with Gasteiger partial charge in [-0.25, -0.2) is 15.5 Å². The monoisotopic (exact) mass is 385 g/mol. The van der Waals surface area contributed by atoms with Gasteiger partial charge in [-0.3, -0.25) is 15.8 Å². The van der Waals surface area contributed by atoms with E-state index in [-0.39, 0.29) is 18.6 Å². The number of carbonyl (C=O) groups is 1. The molecule has 2 aromatic rings. The quantitative estimate of drug-likeness (QED) is 0.281. The molecule has 7 nitrogen and oxygen atoms in total. The first kappa shape index (κ1) is 20.9. The van der Waals surface area contributed by atoms with Crippen molar-refractivity contribution in [2.75, 3.05) is 13.1 Å². The Kier molecular flexibility index (Phi) is 6.94. The average molecular weight is 385 g/mol. The molecule has 1 aromatic carbocycles. The van der Waals surface area contributed by atoms with E-state index in [1.54, 1.807) is 6.07 Å². The van der Waals surface area contributed by atoms with Crippen LogP contribution in [0.25, 0.3) is 17.1 Å². The fraction of sp³-hybridized carbons (Fsp3) is 0.412. The Morgan fingerprint density at radius 2 is 2.15 bits per heavy atom. The highest BCUT2D eigenvalue weighted by Gasteiger charge is 2.37. The lowest BCUT2D eigenvalue weighted by molar-refractivity contribution is -0.147. The number of alkyl halides is 3. The van der Waals surface area contributed by atoms with Gasteiger partial charge in [0.05, 0.1) is 11.0 Å². The third kappa shape index (κ3) is 5.52. The van der Waals surface area contributed by atoms with E-state index in [9.17, 15) is 18.0 Å². The molecular formula is C17H22F3N5O2. The highest BCUT2D eigenvalue weighted by Crippen LogP contribution is 2.32. The van der Waals surface area contributed by atoms with Gasteiger partial charge in [0.25, 0.3) is 5.91 Å². The van der Waals surface area contributed by atoms with E-state index >= 15 is 0 Å². The molecule has 0 atom stereocenters. The van der Waals surface area contributed by atoms with Crippen molar-refractivity contribution in [2.45, 2.75) is 32.5 Å². The number of nitrogens with zero attached hydrogens (tertiary/aromatic N) is 3. The van der Waals surface area contributed by atoms with Crippen molar-refractivity contribution in [3.8, 4) is 0 Å². The normalized spacial score (nSPS) is 12.4. The minimum Gasteiger partial charge on any atom is -0.319 e. The van der Waals surface area contributed by atoms with Crippen LogP contribution in [0.5, 0.6) is 0 Å². The number of benzene rings is 1. The van der Waals surface area contributed by atoms with Crippen molar-refractivity contribution in [1.29, 1.82) is 0 Å². The number of hydrogen-bond acceptors (Lipinski definition) is 5. The number of hydroxylamine groups is 1. The van der Waals surface area contributed by atoms with Gasteiger partial charge in [-0.05, 0) is 30.2 Å². The highest BCUT2D eigenvalue weighted by atomic mass is 19.4. The predicted molar refractivity (Wildman–Crippen MR) is 94.4 cm³/mol. The number of nitrogens with one attached hydrogen (secondary N) is 1. The number of unbranched alkanes of at least 4 members (excludes halogenated alkanes) is 1. The fourth-order valence-electron chi connectivity index (χ4n) is 2.60. The van der Waals surface area contributed by atoms with Gasteiger partial charge < -0.3 is 4.57 Å². The van der Waals surface area contributed by atoms with Crippen molar-refractivity contribution < 1.29 is 23.2 Å². The zero-order valence-corrected chi connectivity index (χ0v) is 14.8. The molecule has 148 valence electrons. The summed E-state index contributed by atoms with van der Waals surface area (Å²) in [6.07, 6.45) is -0.369. The number of halogens is 3. The van der Waals surface area contributed by atoms with Gasteiger partial charge in [0.15, 0.2) is 0 Å². The van der Waals surface area contributed by atoms with Crippen molar-refractivity contribution in [3.05, 3.63) is 35.7 Å². The molecule has 1 aromatic heterocycles. The van der Waals surface area contributed by atoms with Crippen molar-refractivity contribution in [1.82, 2.24) is 20.0 Å². The summed E-state index contributed by atoms with van der Waals surface area (Å²) in [6.45, 7) is 2.92. The van der Waals surface area contributed by atoms with Gasteiger partial charge in [0, 0.05) is 25.7 Å². The molecule has 0 unspecified atom stereocenters. The van der Waals surface area contributed by atoms with Gasteiger partial charge in [-0.1, -0.05) is 19.4 Å². The maximum atomic E-state index is 13.4. The number of rotatable bonds is 8. The number of aromatic nitrogens is 2. The molecule has 0 saturated heterocycles. The van der Waals surface area contributed by atoms with Crippen LogP contribution >= 0.6 is 0 Å². The maximum absolute atomic E-state index is 13.4. The zero-order valence-electron chi connectivity index (χ0n) is 14.8. The molecule has 27 heavy (non-hydrogen) atoms. The fourth-order valence-corrected chi connectivity index (χ4v) is 2.60. The summed E-state index contributed by atoms with van der Waals surface area (Å²) in [5.74, 6) is 4.10. The lowest BCUT2D eigenvalue weighted by atomic mass is 10.2. The first-order valence-corrected chi connectivity index (χ1v) is 8.45. The molecule has 0 spiro atoms. The first-order valence-electron chi connectivity index (χ1n) is 8.45. The topological polar surface area (TPSA) is 96.4 Å². The van der Waals surface area contributed by atoms with E-state index in [2.05, 4.69) is 4.98 Å². The van der Waals surface area contributed by atoms with Crippen LogP contribution in [0.4, 0.5) is 13.2 Å². The van der Waals surface area contributed by atoms with Crippen LogP contribution in [0.3, 0.4) is 0 Å². The Labute approximate surface area is 154 Å². The summed E-state index contributed by atoms with van der Waals surface area (Å²) in [6, 6.07) is 4.53. The molecule has 0 bridgehead atoms. The molecule has 0 radical (unpaired) electrons. The number of hydrazine groups is 1. The number of carbonyl (C=O) groups excluding carboxylic acids is 1. The van der Waals surface area contributed by atoms with E-state index in [4.69, 9.17) is 11.0 Å². The standard InChI is InChI=1S/C17H22F3N5O2/c1-2-3-8-24(21)9-10-25-14-6-4-12(5-7-15(26)23-27)11-13(14)22-16(25)17(18,19)20/h4-7,11,27H,2-3,8-10,21H2,1H3,(H,23,26). The average Bonchev–Trinajstić information content (AvgIpc) is 3.00. The van der Waals surface area contributed by atoms with E-state index < -0.39 is 17.9 Å². The minimum absolute atomic E-state index is 0.0493. The van der Waals surface area contributed by atoms with Gasteiger partial charge in [0.1, 0.15) is 0 Å². The summed E-state index contributed by atoms with van der Waals surface area (Å²) in [5, 5.41) is 9.97. The smallest absolute Gasteiger partial charge is 0.319 e. The van der Waals surface area contributed by atoms with Crippen LogP contribution in [-0.2, 0) is 17.5 Å². The number of nitrogens with two attached hydrogens (primary N) is 1. The first-order chi connectivity index (χ1) is 12.8. The molecule has 4 N–H and O–H groups in total. The summed E-state index contributed by atoms with van der Waals surface area (Å²) in [5.41, 5.74) is 2.40. The largest absolute Gasteiger partial charge is 0.449 e. The van der Waals surface area contributed by atoms with Crippen molar-refractivity contribution in [2.24, 2.45) is 5.84 Å². The number of fused-ring (bicyclic) bond motifs is 1. The van der Waals surface area contributed by atoms with E-state index in [1.807, 2.05) is 6.92 Å². The van der Waals surface area contributed by atoms with Crippen LogP contribution in [0.1, 0.15) is 31.2 Å². The summed E-state index contributed by atoms with van der Waals surface area (Å²) < 4.78 is 41.3. The number of imidazole rings is 1. The lowest BCUT2D eigenvalue weighted by Gasteiger charge is -2.18. The third-order valence-electron chi connectivity index (χ3n) is 3.97. The molecule has 0 aliphatic rings. The van der Waals surface area contributed by atoms with Gasteiger partial charge in [0.2, 0.25) is 5.82 Å². The van der Waals surface area contributed by atoms with Gasteiger partial charge >= 0.3 is 6.18 Å². The molecular weight excluding hydrogens is 363 g/mol. The highest BCUT2D eigenvalue weighted by molar-refractivity contribution is 5.91. The van der Waals surface area contributed by atoms with E-state index in [1.165, 1.54) is 28.7 Å². The Balaban J connectivity index is 2.33. The SMILES string of the molecule is CCCCN(N)CCn1c(C(F)(F)F)nc2cc(C=CC(=O)NO)ccc21. The minimum atomic E-state index is -4.60. The zero-order chi connectivity index (χ0) is 20.0. The van der Waals surface area contributed by atoms with Crippen LogP contribution in [-0.4, -0.2) is 38.8 Å². The lowest BCUT2D eigenvalue weighted by Crippen LogP contribution is -2.35. The van der Waals surface area contributed by atoms with Crippen molar-refractivity contribution in [3.63, 3.8) is 0 Å². The van der Waals surface area contributed by atoms with Crippen LogP contribution < -0.4 is 11.3 Å². The van der Waals surface area contributed by atoms with Gasteiger partial charge in [-0.2, -0.15) is 13.2 Å². The Morgan fingerprint density at radius 1 is 1.41 bits per heavy atom. The Hall–Kier alpha value is -2.43. The summed E-state index contributed by atoms with van der Waals surface area (Å²) >= 11 is 0. The molecule has 0 saturated carbocycles. The molecule has 0 fully saturated rings.